The Labute approximate surface area is 187 Å². The second-order valence-corrected chi connectivity index (χ2v) is 7.65. The smallest absolute Gasteiger partial charge is 0.124 e. The minimum Gasteiger partial charge on any atom is -0.489 e. The molecule has 148 valence electrons. The van der Waals surface area contributed by atoms with Crippen LogP contribution in [0.3, 0.4) is 0 Å². The van der Waals surface area contributed by atoms with Gasteiger partial charge in [0, 0.05) is 39.3 Å². The molecule has 3 aromatic carbocycles. The van der Waals surface area contributed by atoms with E-state index in [4.69, 9.17) is 39.5 Å². The molecule has 2 nitrogen and oxygen atoms in total. The molecule has 0 aliphatic rings. The van der Waals surface area contributed by atoms with Gasteiger partial charge in [0.25, 0.3) is 0 Å². The maximum Gasteiger partial charge on any atom is 0.124 e. The zero-order valence-corrected chi connectivity index (χ0v) is 18.4. The van der Waals surface area contributed by atoms with Gasteiger partial charge in [-0.15, -0.1) is 12.4 Å². The topological polar surface area (TPSA) is 21.3 Å². The van der Waals surface area contributed by atoms with Crippen LogP contribution in [-0.4, -0.2) is 0 Å². The summed E-state index contributed by atoms with van der Waals surface area (Å²) in [7, 11) is 0. The highest BCUT2D eigenvalue weighted by atomic mass is 35.5. The summed E-state index contributed by atoms with van der Waals surface area (Å²) in [6, 6.07) is 19.5. The van der Waals surface area contributed by atoms with Crippen LogP contribution < -0.4 is 10.1 Å². The third kappa shape index (κ3) is 6.58. The van der Waals surface area contributed by atoms with Gasteiger partial charge in [-0.05, 0) is 42.8 Å². The van der Waals surface area contributed by atoms with Crippen molar-refractivity contribution in [2.45, 2.75) is 26.6 Å². The summed E-state index contributed by atoms with van der Waals surface area (Å²) in [6.45, 7) is 3.87. The van der Waals surface area contributed by atoms with Crippen LogP contribution in [0.25, 0.3) is 0 Å². The number of benzene rings is 3. The highest BCUT2D eigenvalue weighted by molar-refractivity contribution is 6.35. The molecule has 1 N–H and O–H groups in total. The molecule has 0 saturated heterocycles. The molecule has 0 spiro atoms. The lowest BCUT2D eigenvalue weighted by Gasteiger charge is -2.14. The highest BCUT2D eigenvalue weighted by Gasteiger charge is 2.08. The average molecular weight is 457 g/mol. The van der Waals surface area contributed by atoms with Crippen molar-refractivity contribution in [2.75, 3.05) is 0 Å². The van der Waals surface area contributed by atoms with Gasteiger partial charge in [0.05, 0.1) is 0 Å². The quantitative estimate of drug-likeness (QED) is 0.404. The predicted molar refractivity (Wildman–Crippen MR) is 121 cm³/mol. The number of hydrogen-bond acceptors (Lipinski definition) is 2. The molecule has 3 rings (SSSR count). The number of ether oxygens (including phenoxy) is 1. The Kier molecular flexibility index (Phi) is 8.94. The molecule has 6 heteroatoms. The van der Waals surface area contributed by atoms with E-state index in [1.54, 1.807) is 12.1 Å². The van der Waals surface area contributed by atoms with Crippen LogP contribution in [0, 0.1) is 6.92 Å². The summed E-state index contributed by atoms with van der Waals surface area (Å²) in [5.41, 5.74) is 4.37. The summed E-state index contributed by atoms with van der Waals surface area (Å²) in [6.07, 6.45) is 0. The van der Waals surface area contributed by atoms with E-state index in [0.717, 1.165) is 23.4 Å². The van der Waals surface area contributed by atoms with Gasteiger partial charge in [-0.3, -0.25) is 0 Å². The fourth-order valence-corrected chi connectivity index (χ4v) is 3.33. The summed E-state index contributed by atoms with van der Waals surface area (Å²) in [5.74, 6) is 0.779. The molecule has 0 unspecified atom stereocenters. The van der Waals surface area contributed by atoms with Crippen LogP contribution >= 0.6 is 47.2 Å². The van der Waals surface area contributed by atoms with Crippen molar-refractivity contribution in [3.63, 3.8) is 0 Å². The lowest BCUT2D eigenvalue weighted by molar-refractivity contribution is 0.302. The van der Waals surface area contributed by atoms with Gasteiger partial charge in [-0.25, -0.2) is 0 Å². The summed E-state index contributed by atoms with van der Waals surface area (Å²) in [4.78, 5) is 0. The highest BCUT2D eigenvalue weighted by Crippen LogP contribution is 2.26. The molecule has 0 fully saturated rings. The second-order valence-electron chi connectivity index (χ2n) is 6.37. The van der Waals surface area contributed by atoms with Crippen molar-refractivity contribution in [3.8, 4) is 5.75 Å². The number of halogens is 4. The van der Waals surface area contributed by atoms with E-state index in [2.05, 4.69) is 36.5 Å². The van der Waals surface area contributed by atoms with Gasteiger partial charge in [-0.2, -0.15) is 0 Å². The Morgan fingerprint density at radius 3 is 2.18 bits per heavy atom. The van der Waals surface area contributed by atoms with Crippen LogP contribution in [0.15, 0.2) is 60.7 Å². The largest absolute Gasteiger partial charge is 0.489 e. The Hall–Kier alpha value is -1.42. The van der Waals surface area contributed by atoms with Crippen molar-refractivity contribution < 1.29 is 4.74 Å². The number of aryl methyl sites for hydroxylation is 1. The molecule has 0 aromatic heterocycles. The Balaban J connectivity index is 0.00000280. The Morgan fingerprint density at radius 1 is 0.786 bits per heavy atom. The monoisotopic (exact) mass is 455 g/mol. The van der Waals surface area contributed by atoms with Crippen molar-refractivity contribution in [2.24, 2.45) is 0 Å². The van der Waals surface area contributed by atoms with Crippen LogP contribution in [0.4, 0.5) is 0 Å². The second kappa shape index (κ2) is 10.9. The Bertz CT molecular complexity index is 913. The SMILES string of the molecule is Cc1ccc(CNCc2cc(Cl)ccc2OCc2ccc(Cl)cc2Cl)cc1.Cl. The van der Waals surface area contributed by atoms with Crippen molar-refractivity contribution in [1.29, 1.82) is 0 Å². The van der Waals surface area contributed by atoms with Crippen molar-refractivity contribution >= 4 is 47.2 Å². The summed E-state index contributed by atoms with van der Waals surface area (Å²) < 4.78 is 5.99. The minimum atomic E-state index is 0. The van der Waals surface area contributed by atoms with Crippen LogP contribution in [-0.2, 0) is 19.7 Å². The van der Waals surface area contributed by atoms with E-state index in [0.29, 0.717) is 28.2 Å². The first-order valence-corrected chi connectivity index (χ1v) is 9.76. The van der Waals surface area contributed by atoms with Crippen LogP contribution in [0.5, 0.6) is 5.75 Å². The molecular formula is C22H21Cl4NO. The summed E-state index contributed by atoms with van der Waals surface area (Å²) >= 11 is 18.3. The van der Waals surface area contributed by atoms with E-state index in [1.165, 1.54) is 11.1 Å². The maximum absolute atomic E-state index is 6.23. The standard InChI is InChI=1S/C22H20Cl3NO.ClH/c1-15-2-4-16(5-3-15)12-26-13-18-10-19(23)8-9-22(18)27-14-17-6-7-20(24)11-21(17)25;/h2-11,26H,12-14H2,1H3;1H. The predicted octanol–water partition coefficient (Wildman–Crippen LogP) is 7.25. The molecule has 0 saturated carbocycles. The molecule has 0 radical (unpaired) electrons. The molecule has 28 heavy (non-hydrogen) atoms. The third-order valence-electron chi connectivity index (χ3n) is 4.19. The molecule has 0 bridgehead atoms. The van der Waals surface area contributed by atoms with E-state index < -0.39 is 0 Å². The zero-order chi connectivity index (χ0) is 19.2. The maximum atomic E-state index is 6.23. The van der Waals surface area contributed by atoms with E-state index in [-0.39, 0.29) is 12.4 Å². The molecule has 0 atom stereocenters. The molecule has 0 amide bonds. The van der Waals surface area contributed by atoms with Crippen LogP contribution in [0.2, 0.25) is 15.1 Å². The third-order valence-corrected chi connectivity index (χ3v) is 5.01. The van der Waals surface area contributed by atoms with E-state index in [1.807, 2.05) is 24.3 Å². The van der Waals surface area contributed by atoms with Crippen molar-refractivity contribution in [3.05, 3.63) is 98.0 Å². The van der Waals surface area contributed by atoms with Gasteiger partial charge < -0.3 is 10.1 Å². The lowest BCUT2D eigenvalue weighted by atomic mass is 10.1. The van der Waals surface area contributed by atoms with Gasteiger partial charge in [0.2, 0.25) is 0 Å². The molecule has 3 aromatic rings. The van der Waals surface area contributed by atoms with Crippen LogP contribution in [0.1, 0.15) is 22.3 Å². The Morgan fingerprint density at radius 2 is 1.46 bits per heavy atom. The number of rotatable bonds is 7. The normalized spacial score (nSPS) is 10.4. The fraction of sp³-hybridized carbons (Fsp3) is 0.182. The average Bonchev–Trinajstić information content (AvgIpc) is 2.64. The molecular weight excluding hydrogens is 436 g/mol. The molecule has 0 aliphatic carbocycles. The van der Waals surface area contributed by atoms with Crippen molar-refractivity contribution in [1.82, 2.24) is 5.32 Å². The van der Waals surface area contributed by atoms with Gasteiger partial charge >= 0.3 is 0 Å². The van der Waals surface area contributed by atoms with Gasteiger partial charge in [0.15, 0.2) is 0 Å². The first kappa shape index (κ1) is 22.9. The van der Waals surface area contributed by atoms with Gasteiger partial charge in [0.1, 0.15) is 12.4 Å². The first-order valence-electron chi connectivity index (χ1n) is 8.62. The number of nitrogens with one attached hydrogen (secondary N) is 1. The lowest BCUT2D eigenvalue weighted by Crippen LogP contribution is -2.13. The number of hydrogen-bond donors (Lipinski definition) is 1. The van der Waals surface area contributed by atoms with E-state index >= 15 is 0 Å². The minimum absolute atomic E-state index is 0. The first-order chi connectivity index (χ1) is 13.0. The zero-order valence-electron chi connectivity index (χ0n) is 15.3. The molecule has 0 heterocycles. The summed E-state index contributed by atoms with van der Waals surface area (Å²) in [5, 5.41) is 5.32. The van der Waals surface area contributed by atoms with Gasteiger partial charge in [-0.1, -0.05) is 70.7 Å². The molecule has 0 aliphatic heterocycles. The fourth-order valence-electron chi connectivity index (χ4n) is 2.67. The van der Waals surface area contributed by atoms with E-state index in [9.17, 15) is 0 Å².